The molecule has 10 nitrogen and oxygen atoms in total. The summed E-state index contributed by atoms with van der Waals surface area (Å²) in [6, 6.07) is 6.65. The van der Waals surface area contributed by atoms with Crippen molar-refractivity contribution in [1.82, 2.24) is 25.1 Å². The summed E-state index contributed by atoms with van der Waals surface area (Å²) in [4.78, 5) is 52.7. The van der Waals surface area contributed by atoms with Crippen molar-refractivity contribution in [3.63, 3.8) is 0 Å². The lowest BCUT2D eigenvalue weighted by molar-refractivity contribution is -0.145. The van der Waals surface area contributed by atoms with Crippen LogP contribution in [-0.2, 0) is 14.4 Å². The molecule has 3 heterocycles. The molecule has 0 bridgehead atoms. The number of nitrogens with zero attached hydrogens (tertiary/aromatic N) is 5. The number of nitrogens with one attached hydrogen (secondary N) is 2. The standard InChI is InChI=1S/C24H31N7O3/c1-17-4-5-19(14-18(17)2)28-21(32)15-20-23(34)25-8-9-31(20)22(33)16-29-10-12-30(13-11-29)24-26-6-3-7-27-24/h3-7,14,20H,8-13,15-16H2,1-2H3,(H,25,34)(H,28,32)/t20-/m0/s1. The highest BCUT2D eigenvalue weighted by Gasteiger charge is 2.35. The number of carbonyl (C=O) groups excluding carboxylic acids is 3. The minimum atomic E-state index is -0.813. The maximum Gasteiger partial charge on any atom is 0.243 e. The molecule has 34 heavy (non-hydrogen) atoms. The van der Waals surface area contributed by atoms with Gasteiger partial charge in [0.1, 0.15) is 6.04 Å². The Balaban J connectivity index is 1.33. The third-order valence-electron chi connectivity index (χ3n) is 6.39. The molecule has 2 aliphatic rings. The van der Waals surface area contributed by atoms with Crippen LogP contribution < -0.4 is 15.5 Å². The van der Waals surface area contributed by atoms with Gasteiger partial charge in [-0.05, 0) is 43.2 Å². The molecule has 1 aromatic heterocycles. The number of aromatic nitrogens is 2. The first kappa shape index (κ1) is 23.6. The molecule has 4 rings (SSSR count). The predicted molar refractivity (Wildman–Crippen MR) is 128 cm³/mol. The predicted octanol–water partition coefficient (Wildman–Crippen LogP) is 0.571. The van der Waals surface area contributed by atoms with Gasteiger partial charge in [-0.25, -0.2) is 9.97 Å². The van der Waals surface area contributed by atoms with Gasteiger partial charge in [0.15, 0.2) is 0 Å². The molecule has 3 amide bonds. The molecule has 2 fully saturated rings. The minimum Gasteiger partial charge on any atom is -0.353 e. The number of amides is 3. The van der Waals surface area contributed by atoms with Crippen LogP contribution in [0.25, 0.3) is 0 Å². The van der Waals surface area contributed by atoms with Gasteiger partial charge in [-0.3, -0.25) is 19.3 Å². The van der Waals surface area contributed by atoms with Crippen molar-refractivity contribution in [2.45, 2.75) is 26.3 Å². The lowest BCUT2D eigenvalue weighted by Gasteiger charge is -2.38. The van der Waals surface area contributed by atoms with Gasteiger partial charge in [0.25, 0.3) is 0 Å². The number of benzene rings is 1. The van der Waals surface area contributed by atoms with Crippen LogP contribution in [0.2, 0.25) is 0 Å². The largest absolute Gasteiger partial charge is 0.353 e. The molecule has 10 heteroatoms. The molecule has 0 unspecified atom stereocenters. The molecule has 2 N–H and O–H groups in total. The van der Waals surface area contributed by atoms with Gasteiger partial charge in [-0.2, -0.15) is 0 Å². The van der Waals surface area contributed by atoms with Crippen molar-refractivity contribution < 1.29 is 14.4 Å². The van der Waals surface area contributed by atoms with Crippen LogP contribution in [0.3, 0.4) is 0 Å². The molecule has 0 saturated carbocycles. The summed E-state index contributed by atoms with van der Waals surface area (Å²) < 4.78 is 0. The fourth-order valence-electron chi connectivity index (χ4n) is 4.27. The minimum absolute atomic E-state index is 0.0797. The van der Waals surface area contributed by atoms with E-state index in [0.29, 0.717) is 37.8 Å². The highest BCUT2D eigenvalue weighted by molar-refractivity contribution is 5.97. The molecule has 2 saturated heterocycles. The Labute approximate surface area is 199 Å². The highest BCUT2D eigenvalue weighted by atomic mass is 16.2. The van der Waals surface area contributed by atoms with Gasteiger partial charge >= 0.3 is 0 Å². The molecule has 0 aliphatic carbocycles. The van der Waals surface area contributed by atoms with E-state index in [9.17, 15) is 14.4 Å². The lowest BCUT2D eigenvalue weighted by atomic mass is 10.1. The first-order valence-corrected chi connectivity index (χ1v) is 11.6. The SMILES string of the molecule is Cc1ccc(NC(=O)C[C@H]2C(=O)NCCN2C(=O)CN2CCN(c3ncccn3)CC2)cc1C. The summed E-state index contributed by atoms with van der Waals surface area (Å²) in [6.45, 7) is 7.82. The molecule has 0 spiro atoms. The van der Waals surface area contributed by atoms with Gasteiger partial charge < -0.3 is 20.4 Å². The lowest BCUT2D eigenvalue weighted by Crippen LogP contribution is -2.60. The fourth-order valence-corrected chi connectivity index (χ4v) is 4.27. The summed E-state index contributed by atoms with van der Waals surface area (Å²) >= 11 is 0. The van der Waals surface area contributed by atoms with Crippen molar-refractivity contribution in [3.8, 4) is 0 Å². The molecule has 2 aromatic rings. The zero-order valence-electron chi connectivity index (χ0n) is 19.7. The van der Waals surface area contributed by atoms with E-state index in [1.807, 2.05) is 32.0 Å². The summed E-state index contributed by atoms with van der Waals surface area (Å²) in [5.41, 5.74) is 2.89. The van der Waals surface area contributed by atoms with Crippen LogP contribution in [0.5, 0.6) is 0 Å². The Kier molecular flexibility index (Phi) is 7.36. The molecular formula is C24H31N7O3. The number of aryl methyl sites for hydroxylation is 2. The molecule has 1 aromatic carbocycles. The van der Waals surface area contributed by atoms with E-state index < -0.39 is 6.04 Å². The summed E-state index contributed by atoms with van der Waals surface area (Å²) in [7, 11) is 0. The molecular weight excluding hydrogens is 434 g/mol. The number of anilines is 2. The Morgan fingerprint density at radius 1 is 1.06 bits per heavy atom. The maximum absolute atomic E-state index is 13.1. The number of rotatable bonds is 6. The smallest absolute Gasteiger partial charge is 0.243 e. The van der Waals surface area contributed by atoms with Gasteiger partial charge in [0.2, 0.25) is 23.7 Å². The Hall–Kier alpha value is -3.53. The van der Waals surface area contributed by atoms with Crippen molar-refractivity contribution >= 4 is 29.4 Å². The summed E-state index contributed by atoms with van der Waals surface area (Å²) in [6.07, 6.45) is 3.36. The van der Waals surface area contributed by atoms with Gasteiger partial charge in [-0.1, -0.05) is 6.07 Å². The van der Waals surface area contributed by atoms with Gasteiger partial charge in [0, 0.05) is 57.3 Å². The second-order valence-corrected chi connectivity index (χ2v) is 8.76. The topological polar surface area (TPSA) is 111 Å². The van der Waals surface area contributed by atoms with Crippen LogP contribution in [0, 0.1) is 13.8 Å². The Morgan fingerprint density at radius 2 is 1.79 bits per heavy atom. The number of piperazine rings is 2. The van der Waals surface area contributed by atoms with E-state index in [1.54, 1.807) is 23.4 Å². The number of hydrogen-bond donors (Lipinski definition) is 2. The Morgan fingerprint density at radius 3 is 2.50 bits per heavy atom. The van der Waals surface area contributed by atoms with E-state index in [1.165, 1.54) is 0 Å². The second-order valence-electron chi connectivity index (χ2n) is 8.76. The van der Waals surface area contributed by atoms with E-state index in [-0.39, 0.29) is 30.7 Å². The molecule has 180 valence electrons. The van der Waals surface area contributed by atoms with Gasteiger partial charge in [-0.15, -0.1) is 0 Å². The normalized spacial score (nSPS) is 19.0. The van der Waals surface area contributed by atoms with Gasteiger partial charge in [0.05, 0.1) is 13.0 Å². The van der Waals surface area contributed by atoms with Crippen molar-refractivity contribution in [2.24, 2.45) is 0 Å². The quantitative estimate of drug-likeness (QED) is 0.642. The third kappa shape index (κ3) is 5.69. The van der Waals surface area contributed by atoms with E-state index in [0.717, 1.165) is 24.2 Å². The van der Waals surface area contributed by atoms with Crippen LogP contribution >= 0.6 is 0 Å². The van der Waals surface area contributed by atoms with E-state index >= 15 is 0 Å². The summed E-state index contributed by atoms with van der Waals surface area (Å²) in [5.74, 6) is -0.0280. The van der Waals surface area contributed by atoms with Crippen LogP contribution in [0.4, 0.5) is 11.6 Å². The average Bonchev–Trinajstić information content (AvgIpc) is 2.83. The maximum atomic E-state index is 13.1. The first-order valence-electron chi connectivity index (χ1n) is 11.6. The first-order chi connectivity index (χ1) is 16.4. The fraction of sp³-hybridized carbons (Fsp3) is 0.458. The average molecular weight is 466 g/mol. The van der Waals surface area contributed by atoms with Crippen molar-refractivity contribution in [3.05, 3.63) is 47.8 Å². The third-order valence-corrected chi connectivity index (χ3v) is 6.39. The summed E-state index contributed by atoms with van der Waals surface area (Å²) in [5, 5.41) is 5.64. The number of hydrogen-bond acceptors (Lipinski definition) is 7. The van der Waals surface area contributed by atoms with Crippen LogP contribution in [0.15, 0.2) is 36.7 Å². The number of carbonyl (C=O) groups is 3. The van der Waals surface area contributed by atoms with E-state index in [2.05, 4.69) is 30.4 Å². The monoisotopic (exact) mass is 465 g/mol. The van der Waals surface area contributed by atoms with Crippen molar-refractivity contribution in [1.29, 1.82) is 0 Å². The molecule has 1 atom stereocenters. The zero-order chi connectivity index (χ0) is 24.1. The zero-order valence-corrected chi connectivity index (χ0v) is 19.7. The molecule has 2 aliphatic heterocycles. The highest BCUT2D eigenvalue weighted by Crippen LogP contribution is 2.17. The van der Waals surface area contributed by atoms with E-state index in [4.69, 9.17) is 0 Å². The Bertz CT molecular complexity index is 1040. The van der Waals surface area contributed by atoms with Crippen molar-refractivity contribution in [2.75, 3.05) is 56.0 Å². The second kappa shape index (κ2) is 10.6. The van der Waals surface area contributed by atoms with Crippen LogP contribution in [0.1, 0.15) is 17.5 Å². The molecule has 0 radical (unpaired) electrons. The van der Waals surface area contributed by atoms with Crippen LogP contribution in [-0.4, -0.2) is 89.3 Å².